The van der Waals surface area contributed by atoms with Crippen molar-refractivity contribution in [2.75, 3.05) is 19.6 Å². The van der Waals surface area contributed by atoms with Gasteiger partial charge in [-0.2, -0.15) is 0 Å². The Hall–Kier alpha value is -2.66. The van der Waals surface area contributed by atoms with Crippen molar-refractivity contribution in [2.24, 2.45) is 5.92 Å². The Morgan fingerprint density at radius 3 is 2.44 bits per heavy atom. The summed E-state index contributed by atoms with van der Waals surface area (Å²) in [4.78, 5) is 28.8. The fourth-order valence-corrected chi connectivity index (χ4v) is 4.39. The average Bonchev–Trinajstić information content (AvgIpc) is 3.00. The van der Waals surface area contributed by atoms with E-state index in [4.69, 9.17) is 0 Å². The number of nitrogens with zero attached hydrogens (tertiary/aromatic N) is 2. The number of carbonyl (C=O) groups is 2. The summed E-state index contributed by atoms with van der Waals surface area (Å²) in [6, 6.07) is 17.0. The smallest absolute Gasteiger partial charge is 0.336 e. The lowest BCUT2D eigenvalue weighted by Gasteiger charge is -2.36. The number of fused-ring (bicyclic) bond motifs is 4. The van der Waals surface area contributed by atoms with E-state index < -0.39 is 5.97 Å². The van der Waals surface area contributed by atoms with E-state index in [0.29, 0.717) is 24.6 Å². The summed E-state index contributed by atoms with van der Waals surface area (Å²) in [5.41, 5.74) is 1.95. The van der Waals surface area contributed by atoms with Gasteiger partial charge in [0.1, 0.15) is 0 Å². The molecule has 1 amide bonds. The summed E-state index contributed by atoms with van der Waals surface area (Å²) in [6.45, 7) is 3.02. The Bertz CT molecular complexity index is 836. The van der Waals surface area contributed by atoms with E-state index in [9.17, 15) is 14.7 Å². The summed E-state index contributed by atoms with van der Waals surface area (Å²) in [7, 11) is 0. The van der Waals surface area contributed by atoms with Crippen LogP contribution in [0, 0.1) is 5.92 Å². The second-order valence-corrected chi connectivity index (χ2v) is 7.57. The highest BCUT2D eigenvalue weighted by Gasteiger charge is 2.36. The van der Waals surface area contributed by atoms with Crippen molar-refractivity contribution in [2.45, 2.75) is 25.4 Å². The van der Waals surface area contributed by atoms with Gasteiger partial charge >= 0.3 is 5.97 Å². The second-order valence-electron chi connectivity index (χ2n) is 7.57. The van der Waals surface area contributed by atoms with Gasteiger partial charge in [-0.1, -0.05) is 36.4 Å². The number of carboxylic acids is 1. The SMILES string of the molecule is O=C(O)c1ccccc1CN1C[C@H]2CC[C@@H]1CN(C(=O)c1ccccc1)C2. The van der Waals surface area contributed by atoms with Crippen molar-refractivity contribution in [3.05, 3.63) is 71.3 Å². The molecule has 0 spiro atoms. The van der Waals surface area contributed by atoms with Crippen LogP contribution < -0.4 is 0 Å². The number of amides is 1. The van der Waals surface area contributed by atoms with E-state index in [-0.39, 0.29) is 11.9 Å². The zero-order valence-corrected chi connectivity index (χ0v) is 15.3. The van der Waals surface area contributed by atoms with Crippen molar-refractivity contribution >= 4 is 11.9 Å². The number of rotatable bonds is 4. The maximum absolute atomic E-state index is 12.9. The van der Waals surface area contributed by atoms with Crippen LogP contribution in [0.4, 0.5) is 0 Å². The minimum Gasteiger partial charge on any atom is -0.478 e. The third-order valence-electron chi connectivity index (χ3n) is 5.76. The number of hydrogen-bond donors (Lipinski definition) is 1. The van der Waals surface area contributed by atoms with E-state index >= 15 is 0 Å². The van der Waals surface area contributed by atoms with Crippen molar-refractivity contribution in [1.29, 1.82) is 0 Å². The molecule has 5 nitrogen and oxygen atoms in total. The predicted molar refractivity (Wildman–Crippen MR) is 103 cm³/mol. The molecule has 3 saturated heterocycles. The summed E-state index contributed by atoms with van der Waals surface area (Å²) < 4.78 is 0. The number of carbonyl (C=O) groups excluding carboxylic acids is 1. The topological polar surface area (TPSA) is 60.9 Å². The first kappa shape index (κ1) is 17.7. The van der Waals surface area contributed by atoms with Gasteiger partial charge in [-0.05, 0) is 42.5 Å². The largest absolute Gasteiger partial charge is 0.478 e. The highest BCUT2D eigenvalue weighted by molar-refractivity contribution is 5.94. The van der Waals surface area contributed by atoms with Crippen LogP contribution in [-0.4, -0.2) is 52.5 Å². The molecule has 2 aromatic rings. The fourth-order valence-electron chi connectivity index (χ4n) is 4.39. The Kier molecular flexibility index (Phi) is 4.94. The molecule has 0 aromatic heterocycles. The third kappa shape index (κ3) is 3.74. The second kappa shape index (κ2) is 7.53. The number of piperidine rings is 1. The van der Waals surface area contributed by atoms with Crippen LogP contribution >= 0.6 is 0 Å². The lowest BCUT2D eigenvalue weighted by atomic mass is 9.94. The van der Waals surface area contributed by atoms with E-state index in [1.54, 1.807) is 12.1 Å². The van der Waals surface area contributed by atoms with Crippen molar-refractivity contribution in [3.63, 3.8) is 0 Å². The molecule has 5 heteroatoms. The highest BCUT2D eigenvalue weighted by Crippen LogP contribution is 2.30. The molecule has 0 aliphatic carbocycles. The molecular formula is C22H24N2O3. The number of carboxylic acid groups (broad SMARTS) is 1. The Balaban J connectivity index is 1.52. The molecule has 2 bridgehead atoms. The maximum Gasteiger partial charge on any atom is 0.336 e. The molecule has 140 valence electrons. The Morgan fingerprint density at radius 1 is 0.926 bits per heavy atom. The summed E-state index contributed by atoms with van der Waals surface area (Å²) in [5, 5.41) is 9.45. The van der Waals surface area contributed by atoms with Gasteiger partial charge < -0.3 is 10.0 Å². The molecule has 0 radical (unpaired) electrons. The molecule has 2 atom stereocenters. The monoisotopic (exact) mass is 364 g/mol. The standard InChI is InChI=1S/C22H24N2O3/c25-21(17-6-2-1-3-7-17)24-13-16-10-11-19(15-24)23(12-16)14-18-8-4-5-9-20(18)22(26)27/h1-9,16,19H,10-15H2,(H,26,27)/t16-,19-/m1/s1. The van der Waals surface area contributed by atoms with Gasteiger partial charge in [-0.3, -0.25) is 9.69 Å². The van der Waals surface area contributed by atoms with E-state index in [1.807, 2.05) is 47.4 Å². The first-order chi connectivity index (χ1) is 13.1. The van der Waals surface area contributed by atoms with Crippen LogP contribution in [0.3, 0.4) is 0 Å². The van der Waals surface area contributed by atoms with Gasteiger partial charge in [-0.25, -0.2) is 4.79 Å². The number of benzene rings is 2. The van der Waals surface area contributed by atoms with E-state index in [2.05, 4.69) is 4.90 Å². The van der Waals surface area contributed by atoms with Gasteiger partial charge in [-0.15, -0.1) is 0 Å². The molecule has 3 aliphatic rings. The minimum absolute atomic E-state index is 0.0975. The molecule has 3 aliphatic heterocycles. The predicted octanol–water partition coefficient (Wildman–Crippen LogP) is 3.12. The van der Waals surface area contributed by atoms with Gasteiger partial charge in [0.25, 0.3) is 5.91 Å². The molecule has 0 saturated carbocycles. The fraction of sp³-hybridized carbons (Fsp3) is 0.364. The molecule has 2 aromatic carbocycles. The molecule has 0 unspecified atom stereocenters. The Morgan fingerprint density at radius 2 is 1.67 bits per heavy atom. The Labute approximate surface area is 159 Å². The summed E-state index contributed by atoms with van der Waals surface area (Å²) in [5.74, 6) is -0.347. The molecule has 27 heavy (non-hydrogen) atoms. The number of hydrogen-bond acceptors (Lipinski definition) is 3. The lowest BCUT2D eigenvalue weighted by Crippen LogP contribution is -2.44. The summed E-state index contributed by atoms with van der Waals surface area (Å²) >= 11 is 0. The first-order valence-electron chi connectivity index (χ1n) is 9.51. The molecule has 3 heterocycles. The van der Waals surface area contributed by atoms with Crippen LogP contribution in [-0.2, 0) is 6.54 Å². The lowest BCUT2D eigenvalue weighted by molar-refractivity contribution is 0.0691. The average molecular weight is 364 g/mol. The zero-order valence-electron chi connectivity index (χ0n) is 15.3. The van der Waals surface area contributed by atoms with Crippen LogP contribution in [0.15, 0.2) is 54.6 Å². The van der Waals surface area contributed by atoms with Crippen molar-refractivity contribution in [3.8, 4) is 0 Å². The van der Waals surface area contributed by atoms with Gasteiger partial charge in [0, 0.05) is 37.8 Å². The van der Waals surface area contributed by atoms with Crippen LogP contribution in [0.1, 0.15) is 39.1 Å². The van der Waals surface area contributed by atoms with Crippen molar-refractivity contribution < 1.29 is 14.7 Å². The van der Waals surface area contributed by atoms with Crippen LogP contribution in [0.2, 0.25) is 0 Å². The maximum atomic E-state index is 12.9. The quantitative estimate of drug-likeness (QED) is 0.906. The molecule has 5 rings (SSSR count). The van der Waals surface area contributed by atoms with Gasteiger partial charge in [0.15, 0.2) is 0 Å². The van der Waals surface area contributed by atoms with E-state index in [0.717, 1.165) is 37.1 Å². The summed E-state index contributed by atoms with van der Waals surface area (Å²) in [6.07, 6.45) is 2.18. The molecule has 3 fully saturated rings. The van der Waals surface area contributed by atoms with Gasteiger partial charge in [0.05, 0.1) is 5.56 Å². The van der Waals surface area contributed by atoms with E-state index in [1.165, 1.54) is 0 Å². The molecule has 1 N–H and O–H groups in total. The normalized spacial score (nSPS) is 22.4. The van der Waals surface area contributed by atoms with Crippen LogP contribution in [0.25, 0.3) is 0 Å². The zero-order chi connectivity index (χ0) is 18.8. The first-order valence-corrected chi connectivity index (χ1v) is 9.51. The highest BCUT2D eigenvalue weighted by atomic mass is 16.4. The number of aromatic carboxylic acids is 1. The molecular weight excluding hydrogens is 340 g/mol. The van der Waals surface area contributed by atoms with Gasteiger partial charge in [0.2, 0.25) is 0 Å². The minimum atomic E-state index is -0.883. The van der Waals surface area contributed by atoms with Crippen molar-refractivity contribution in [1.82, 2.24) is 9.80 Å². The third-order valence-corrected chi connectivity index (χ3v) is 5.76. The van der Waals surface area contributed by atoms with Crippen LogP contribution in [0.5, 0.6) is 0 Å².